The Morgan fingerprint density at radius 1 is 1.19 bits per heavy atom. The first kappa shape index (κ1) is 17.6. The molecule has 0 saturated carbocycles. The first-order chi connectivity index (χ1) is 9.49. The molecule has 0 saturated heterocycles. The lowest BCUT2D eigenvalue weighted by Gasteiger charge is -2.19. The summed E-state index contributed by atoms with van der Waals surface area (Å²) in [6.45, 7) is 11.0. The van der Waals surface area contributed by atoms with Gasteiger partial charge in [0.15, 0.2) is 0 Å². The Bertz CT molecular complexity index is 566. The van der Waals surface area contributed by atoms with E-state index >= 15 is 0 Å². The lowest BCUT2D eigenvalue weighted by Crippen LogP contribution is -2.23. The molecule has 0 heterocycles. The van der Waals surface area contributed by atoms with Crippen molar-refractivity contribution in [3.05, 3.63) is 35.4 Å². The fraction of sp³-hybridized carbons (Fsp3) is 0.500. The zero-order chi connectivity index (χ0) is 16.3. The summed E-state index contributed by atoms with van der Waals surface area (Å²) in [5.74, 6) is -0.380. The van der Waals surface area contributed by atoms with Gasteiger partial charge in [-0.3, -0.25) is 0 Å². The lowest BCUT2D eigenvalue weighted by molar-refractivity contribution is 0.00695. The second-order valence-corrected chi connectivity index (χ2v) is 8.66. The molecule has 0 unspecified atom stereocenters. The fourth-order valence-corrected chi connectivity index (χ4v) is 1.88. The maximum absolute atomic E-state index is 12.0. The molecule has 0 fully saturated rings. The molecule has 0 aromatic heterocycles. The van der Waals surface area contributed by atoms with Crippen molar-refractivity contribution in [3.63, 3.8) is 0 Å². The van der Waals surface area contributed by atoms with Crippen LogP contribution in [0.1, 0.15) is 57.5 Å². The number of ether oxygens (including phenoxy) is 1. The largest absolute Gasteiger partial charge is 0.456 e. The minimum absolute atomic E-state index is 0.380. The number of nitrogens with zero attached hydrogens (tertiary/aromatic N) is 1. The van der Waals surface area contributed by atoms with E-state index in [-0.39, 0.29) is 5.97 Å². The quantitative estimate of drug-likeness (QED) is 0.634. The predicted molar refractivity (Wildman–Crippen MR) is 87.1 cm³/mol. The van der Waals surface area contributed by atoms with Gasteiger partial charge < -0.3 is 4.74 Å². The molecule has 116 valence electrons. The predicted octanol–water partition coefficient (Wildman–Crippen LogP) is 3.52. The summed E-state index contributed by atoms with van der Waals surface area (Å²) in [6.07, 6.45) is 1.52. The van der Waals surface area contributed by atoms with Gasteiger partial charge in [0.2, 0.25) is 0 Å². The van der Waals surface area contributed by atoms with E-state index in [1.165, 1.54) is 6.21 Å². The van der Waals surface area contributed by atoms with E-state index in [1.807, 2.05) is 41.5 Å². The van der Waals surface area contributed by atoms with Crippen LogP contribution in [-0.4, -0.2) is 26.7 Å². The Morgan fingerprint density at radius 2 is 1.81 bits per heavy atom. The highest BCUT2D eigenvalue weighted by molar-refractivity contribution is 7.85. The summed E-state index contributed by atoms with van der Waals surface area (Å²) in [7, 11) is -1.32. The van der Waals surface area contributed by atoms with Crippen LogP contribution in [0.15, 0.2) is 28.7 Å². The van der Waals surface area contributed by atoms with Crippen LogP contribution >= 0.6 is 0 Å². The average Bonchev–Trinajstić information content (AvgIpc) is 2.33. The molecule has 1 rings (SSSR count). The van der Waals surface area contributed by atoms with Gasteiger partial charge in [-0.2, -0.15) is 4.40 Å². The van der Waals surface area contributed by atoms with Crippen LogP contribution in [0.25, 0.3) is 0 Å². The minimum atomic E-state index is -1.32. The van der Waals surface area contributed by atoms with Gasteiger partial charge in [-0.1, -0.05) is 12.1 Å². The smallest absolute Gasteiger partial charge is 0.338 e. The third kappa shape index (κ3) is 6.21. The van der Waals surface area contributed by atoms with Gasteiger partial charge in [0.05, 0.1) is 10.3 Å². The van der Waals surface area contributed by atoms with Crippen molar-refractivity contribution < 1.29 is 13.7 Å². The van der Waals surface area contributed by atoms with E-state index in [0.29, 0.717) is 5.56 Å². The zero-order valence-electron chi connectivity index (χ0n) is 13.5. The normalized spacial score (nSPS) is 14.2. The summed E-state index contributed by atoms with van der Waals surface area (Å²) in [6, 6.07) is 6.92. The number of rotatable bonds is 3. The van der Waals surface area contributed by atoms with E-state index in [1.54, 1.807) is 24.3 Å². The second kappa shape index (κ2) is 6.52. The summed E-state index contributed by atoms with van der Waals surface area (Å²) in [5.41, 5.74) is 0.640. The van der Waals surface area contributed by atoms with E-state index in [2.05, 4.69) is 4.40 Å². The van der Waals surface area contributed by atoms with Gasteiger partial charge in [-0.15, -0.1) is 0 Å². The average molecular weight is 309 g/mol. The molecule has 5 heteroatoms. The topological polar surface area (TPSA) is 55.7 Å². The number of carbonyl (C=O) groups is 1. The molecule has 0 spiro atoms. The van der Waals surface area contributed by atoms with Crippen molar-refractivity contribution >= 4 is 23.2 Å². The third-order valence-corrected chi connectivity index (χ3v) is 3.69. The molecule has 1 atom stereocenters. The van der Waals surface area contributed by atoms with Crippen LogP contribution in [0.3, 0.4) is 0 Å². The molecule has 0 radical (unpaired) electrons. The van der Waals surface area contributed by atoms with Gasteiger partial charge in [0.1, 0.15) is 16.6 Å². The van der Waals surface area contributed by atoms with E-state index in [9.17, 15) is 9.00 Å². The third-order valence-electron chi connectivity index (χ3n) is 2.34. The minimum Gasteiger partial charge on any atom is -0.456 e. The molecule has 0 N–H and O–H groups in total. The SMILES string of the molecule is CC(C)(C)OC(=O)c1cccc(C=N[S@@](=O)C(C)(C)C)c1. The first-order valence-electron chi connectivity index (χ1n) is 6.78. The van der Waals surface area contributed by atoms with Gasteiger partial charge in [0, 0.05) is 6.21 Å². The summed E-state index contributed by atoms with van der Waals surface area (Å²) < 4.78 is 20.8. The molecule has 0 aliphatic heterocycles. The van der Waals surface area contributed by atoms with Gasteiger partial charge in [-0.25, -0.2) is 9.00 Å². The highest BCUT2D eigenvalue weighted by Crippen LogP contribution is 2.14. The Balaban J connectivity index is 2.89. The molecule has 0 amide bonds. The first-order valence-corrected chi connectivity index (χ1v) is 7.89. The maximum Gasteiger partial charge on any atom is 0.338 e. The highest BCUT2D eigenvalue weighted by atomic mass is 32.2. The maximum atomic E-state index is 12.0. The van der Waals surface area contributed by atoms with Crippen LogP contribution in [0.4, 0.5) is 0 Å². The molecule has 21 heavy (non-hydrogen) atoms. The number of carbonyl (C=O) groups excluding carboxylic acids is 1. The molecule has 1 aromatic carbocycles. The second-order valence-electron chi connectivity index (χ2n) is 6.72. The number of hydrogen-bond acceptors (Lipinski definition) is 3. The number of benzene rings is 1. The summed E-state index contributed by atoms with van der Waals surface area (Å²) in [5, 5.41) is 0. The standard InChI is InChI=1S/C16H23NO3S/c1-15(2,3)20-14(18)13-9-7-8-12(10-13)11-17-21(19)16(4,5)6/h7-11H,1-6H3/t21-/m0/s1. The Labute approximate surface area is 129 Å². The van der Waals surface area contributed by atoms with Crippen LogP contribution < -0.4 is 0 Å². The Kier molecular flexibility index (Phi) is 5.45. The monoisotopic (exact) mass is 309 g/mol. The van der Waals surface area contributed by atoms with Crippen molar-refractivity contribution in [2.24, 2.45) is 4.40 Å². The van der Waals surface area contributed by atoms with Crippen LogP contribution in [0.2, 0.25) is 0 Å². The molecule has 4 nitrogen and oxygen atoms in total. The van der Waals surface area contributed by atoms with Crippen molar-refractivity contribution in [1.82, 2.24) is 0 Å². The van der Waals surface area contributed by atoms with E-state index in [0.717, 1.165) is 5.56 Å². The van der Waals surface area contributed by atoms with E-state index < -0.39 is 21.3 Å². The molecule has 0 bridgehead atoms. The van der Waals surface area contributed by atoms with Crippen LogP contribution in [0.5, 0.6) is 0 Å². The van der Waals surface area contributed by atoms with Gasteiger partial charge in [-0.05, 0) is 59.2 Å². The molecular weight excluding hydrogens is 286 g/mol. The fourth-order valence-electron chi connectivity index (χ4n) is 1.35. The lowest BCUT2D eigenvalue weighted by atomic mass is 10.1. The van der Waals surface area contributed by atoms with Crippen molar-refractivity contribution in [1.29, 1.82) is 0 Å². The van der Waals surface area contributed by atoms with Crippen LogP contribution in [0, 0.1) is 0 Å². The number of hydrogen-bond donors (Lipinski definition) is 0. The van der Waals surface area contributed by atoms with E-state index in [4.69, 9.17) is 4.74 Å². The molecule has 0 aliphatic carbocycles. The molecule has 1 aromatic rings. The highest BCUT2D eigenvalue weighted by Gasteiger charge is 2.19. The van der Waals surface area contributed by atoms with Crippen molar-refractivity contribution in [2.75, 3.05) is 0 Å². The number of esters is 1. The van der Waals surface area contributed by atoms with Gasteiger partial charge >= 0.3 is 5.97 Å². The summed E-state index contributed by atoms with van der Waals surface area (Å²) in [4.78, 5) is 12.0. The summed E-state index contributed by atoms with van der Waals surface area (Å²) >= 11 is 0. The van der Waals surface area contributed by atoms with Crippen LogP contribution in [-0.2, 0) is 15.7 Å². The van der Waals surface area contributed by atoms with Gasteiger partial charge in [0.25, 0.3) is 0 Å². The van der Waals surface area contributed by atoms with Crippen molar-refractivity contribution in [2.45, 2.75) is 51.9 Å². The Hall–Kier alpha value is -1.49. The molecular formula is C16H23NO3S. The molecule has 0 aliphatic rings. The van der Waals surface area contributed by atoms with Crippen molar-refractivity contribution in [3.8, 4) is 0 Å². The Morgan fingerprint density at radius 3 is 2.33 bits per heavy atom. The zero-order valence-corrected chi connectivity index (χ0v) is 14.3.